The molecule has 0 spiro atoms. The summed E-state index contributed by atoms with van der Waals surface area (Å²) in [4.78, 5) is 67.8. The lowest BCUT2D eigenvalue weighted by Crippen LogP contribution is -2.61. The van der Waals surface area contributed by atoms with Crippen LogP contribution in [0.4, 0.5) is 4.79 Å². The van der Waals surface area contributed by atoms with Gasteiger partial charge in [0, 0.05) is 24.7 Å². The quantitative estimate of drug-likeness (QED) is 0.0810. The van der Waals surface area contributed by atoms with E-state index in [0.29, 0.717) is 0 Å². The molecule has 3 aromatic rings. The van der Waals surface area contributed by atoms with E-state index >= 15 is 0 Å². The molecule has 280 valence electrons. The van der Waals surface area contributed by atoms with Crippen LogP contribution in [0.2, 0.25) is 0 Å². The molecule has 0 aliphatic heterocycles. The molecule has 2 saturated carbocycles. The maximum Gasteiger partial charge on any atom is 0.408 e. The van der Waals surface area contributed by atoms with E-state index in [1.54, 1.807) is 27.7 Å². The summed E-state index contributed by atoms with van der Waals surface area (Å²) in [5.74, 6) is -5.19. The number of fused-ring (bicyclic) bond motifs is 1. The van der Waals surface area contributed by atoms with Crippen molar-refractivity contribution in [1.29, 1.82) is 0 Å². The van der Waals surface area contributed by atoms with Gasteiger partial charge in [0.05, 0.1) is 24.9 Å². The lowest BCUT2D eigenvalue weighted by atomic mass is 9.77. The van der Waals surface area contributed by atoms with Gasteiger partial charge in [-0.25, -0.2) is 9.59 Å². The SMILES string of the molecule is C=COC(=O)[C@H]1[C@H]2[C@@H]1[C@@](NC(=O)C(CCC(=O)NC(c1ccccc1)(c1ccccc1)c1ccccc1)NC(=O)OC(C)(C)C)(C(=O)OCC)C[C@@H]2O. The third-order valence-electron chi connectivity index (χ3n) is 9.69. The van der Waals surface area contributed by atoms with Crippen LogP contribution < -0.4 is 16.0 Å². The van der Waals surface area contributed by atoms with Gasteiger partial charge in [0.1, 0.15) is 22.7 Å². The number of aliphatic hydroxyl groups is 1. The van der Waals surface area contributed by atoms with Crippen LogP contribution in [-0.2, 0) is 38.9 Å². The Labute approximate surface area is 309 Å². The highest BCUT2D eigenvalue weighted by Gasteiger charge is 2.76. The zero-order chi connectivity index (χ0) is 38.4. The predicted octanol–water partition coefficient (Wildman–Crippen LogP) is 4.50. The van der Waals surface area contributed by atoms with Crippen molar-refractivity contribution in [3.63, 3.8) is 0 Å². The van der Waals surface area contributed by atoms with E-state index in [1.807, 2.05) is 91.0 Å². The average Bonchev–Trinajstić information content (AvgIpc) is 3.83. The van der Waals surface area contributed by atoms with Gasteiger partial charge in [-0.05, 0) is 50.8 Å². The van der Waals surface area contributed by atoms with Crippen molar-refractivity contribution >= 4 is 29.8 Å². The number of rotatable bonds is 14. The first kappa shape index (κ1) is 38.7. The summed E-state index contributed by atoms with van der Waals surface area (Å²) in [6, 6.07) is 27.2. The van der Waals surface area contributed by atoms with Crippen LogP contribution in [0.15, 0.2) is 104 Å². The molecule has 1 unspecified atom stereocenters. The van der Waals surface area contributed by atoms with Crippen molar-refractivity contribution in [1.82, 2.24) is 16.0 Å². The smallest absolute Gasteiger partial charge is 0.408 e. The van der Waals surface area contributed by atoms with Crippen LogP contribution in [0.5, 0.6) is 0 Å². The fraction of sp³-hybridized carbons (Fsp3) is 0.390. The number of carbonyl (C=O) groups excluding carboxylic acids is 5. The zero-order valence-corrected chi connectivity index (χ0v) is 30.4. The predicted molar refractivity (Wildman–Crippen MR) is 195 cm³/mol. The number of amides is 3. The lowest BCUT2D eigenvalue weighted by Gasteiger charge is -2.37. The van der Waals surface area contributed by atoms with Gasteiger partial charge in [-0.15, -0.1) is 0 Å². The highest BCUT2D eigenvalue weighted by atomic mass is 16.6. The number of ether oxygens (including phenoxy) is 3. The summed E-state index contributed by atoms with van der Waals surface area (Å²) in [5, 5.41) is 19.5. The van der Waals surface area contributed by atoms with Crippen molar-refractivity contribution in [2.24, 2.45) is 17.8 Å². The summed E-state index contributed by atoms with van der Waals surface area (Å²) in [5.41, 5.74) is -1.45. The number of hydrogen-bond acceptors (Lipinski definition) is 9. The average molecular weight is 726 g/mol. The molecule has 0 radical (unpaired) electrons. The van der Waals surface area contributed by atoms with Crippen LogP contribution in [0, 0.1) is 17.8 Å². The molecule has 2 aliphatic carbocycles. The molecule has 12 nitrogen and oxygen atoms in total. The van der Waals surface area contributed by atoms with Crippen LogP contribution in [-0.4, -0.2) is 64.8 Å². The number of carbonyl (C=O) groups is 5. The molecule has 12 heteroatoms. The Morgan fingerprint density at radius 1 is 0.906 bits per heavy atom. The van der Waals surface area contributed by atoms with E-state index in [-0.39, 0.29) is 25.9 Å². The molecule has 0 saturated heterocycles. The Kier molecular flexibility index (Phi) is 11.7. The Morgan fingerprint density at radius 3 is 1.91 bits per heavy atom. The number of esters is 2. The minimum absolute atomic E-state index is 0.0303. The Morgan fingerprint density at radius 2 is 1.43 bits per heavy atom. The first-order valence-corrected chi connectivity index (χ1v) is 17.7. The highest BCUT2D eigenvalue weighted by molar-refractivity contribution is 5.95. The van der Waals surface area contributed by atoms with Crippen LogP contribution in [0.3, 0.4) is 0 Å². The first-order chi connectivity index (χ1) is 25.3. The number of nitrogens with one attached hydrogen (secondary N) is 3. The summed E-state index contributed by atoms with van der Waals surface area (Å²) < 4.78 is 15.8. The molecule has 4 N–H and O–H groups in total. The minimum atomic E-state index is -1.80. The maximum absolute atomic E-state index is 14.2. The monoisotopic (exact) mass is 725 g/mol. The minimum Gasteiger partial charge on any atom is -0.464 e. The fourth-order valence-electron chi connectivity index (χ4n) is 7.53. The molecular weight excluding hydrogens is 678 g/mol. The van der Waals surface area contributed by atoms with Crippen LogP contribution in [0.25, 0.3) is 0 Å². The molecule has 3 aromatic carbocycles. The molecule has 3 amide bonds. The van der Waals surface area contributed by atoms with Gasteiger partial charge in [-0.2, -0.15) is 0 Å². The molecule has 2 fully saturated rings. The van der Waals surface area contributed by atoms with Gasteiger partial charge in [0.15, 0.2) is 0 Å². The van der Waals surface area contributed by atoms with Gasteiger partial charge in [0.2, 0.25) is 11.8 Å². The summed E-state index contributed by atoms with van der Waals surface area (Å²) in [6.45, 7) is 9.96. The van der Waals surface area contributed by atoms with E-state index < -0.39 is 76.4 Å². The van der Waals surface area contributed by atoms with Crippen molar-refractivity contribution in [3.05, 3.63) is 121 Å². The summed E-state index contributed by atoms with van der Waals surface area (Å²) in [6.07, 6.45) is -1.75. The van der Waals surface area contributed by atoms with Crippen molar-refractivity contribution in [2.45, 2.75) is 75.8 Å². The second kappa shape index (κ2) is 16.0. The van der Waals surface area contributed by atoms with E-state index in [9.17, 15) is 29.1 Å². The largest absolute Gasteiger partial charge is 0.464 e. The van der Waals surface area contributed by atoms with Gasteiger partial charge < -0.3 is 35.3 Å². The van der Waals surface area contributed by atoms with Gasteiger partial charge in [-0.1, -0.05) is 97.6 Å². The Hall–Kier alpha value is -5.49. The fourth-order valence-corrected chi connectivity index (χ4v) is 7.53. The van der Waals surface area contributed by atoms with Crippen molar-refractivity contribution in [3.8, 4) is 0 Å². The second-order valence-corrected chi connectivity index (χ2v) is 14.3. The van der Waals surface area contributed by atoms with Crippen LogP contribution >= 0.6 is 0 Å². The number of alkyl carbamates (subject to hydrolysis) is 1. The number of aliphatic hydroxyl groups excluding tert-OH is 1. The lowest BCUT2D eigenvalue weighted by molar-refractivity contribution is -0.156. The van der Waals surface area contributed by atoms with Gasteiger partial charge in [0.25, 0.3) is 0 Å². The summed E-state index contributed by atoms with van der Waals surface area (Å²) >= 11 is 0. The molecule has 0 aromatic heterocycles. The van der Waals surface area contributed by atoms with Crippen molar-refractivity contribution in [2.75, 3.05) is 6.61 Å². The van der Waals surface area contributed by atoms with E-state index in [1.165, 1.54) is 0 Å². The molecular formula is C41H47N3O9. The molecule has 0 bridgehead atoms. The van der Waals surface area contributed by atoms with Gasteiger partial charge >= 0.3 is 18.0 Å². The molecule has 53 heavy (non-hydrogen) atoms. The standard InChI is InChI=1S/C41H47N3O9/c1-6-51-36(48)33-32-30(45)25-40(34(32)33,37(49)52-7-2)44-35(47)29(42-38(50)53-39(3,4)5)23-24-31(46)43-41(26-17-11-8-12-18-26,27-19-13-9-14-20-27)28-21-15-10-16-22-28/h6,8-22,29-30,32-34,45H,1,7,23-25H2,2-5H3,(H,42,50)(H,43,46)(H,44,47)/t29?,30-,32-,33-,34-,40+/m0/s1. The zero-order valence-electron chi connectivity index (χ0n) is 30.4. The highest BCUT2D eigenvalue weighted by Crippen LogP contribution is 2.63. The molecule has 5 rings (SSSR count). The Bertz CT molecular complexity index is 1700. The number of hydrogen-bond donors (Lipinski definition) is 4. The third-order valence-corrected chi connectivity index (χ3v) is 9.69. The van der Waals surface area contributed by atoms with E-state index in [2.05, 4.69) is 22.5 Å². The molecule has 0 heterocycles. The van der Waals surface area contributed by atoms with Crippen molar-refractivity contribution < 1.29 is 43.3 Å². The first-order valence-electron chi connectivity index (χ1n) is 17.7. The molecule has 6 atom stereocenters. The normalized spacial score (nSPS) is 22.3. The Balaban J connectivity index is 1.45. The number of benzene rings is 3. The topological polar surface area (TPSA) is 169 Å². The van der Waals surface area contributed by atoms with Crippen LogP contribution in [0.1, 0.15) is 63.6 Å². The maximum atomic E-state index is 14.2. The van der Waals surface area contributed by atoms with E-state index in [4.69, 9.17) is 14.2 Å². The second-order valence-electron chi connectivity index (χ2n) is 14.3. The van der Waals surface area contributed by atoms with E-state index in [0.717, 1.165) is 23.0 Å². The van der Waals surface area contributed by atoms with Gasteiger partial charge in [-0.3, -0.25) is 14.4 Å². The third kappa shape index (κ3) is 8.28. The summed E-state index contributed by atoms with van der Waals surface area (Å²) in [7, 11) is 0. The molecule has 2 aliphatic rings.